The topological polar surface area (TPSA) is 73.0 Å². The van der Waals surface area contributed by atoms with Crippen LogP contribution in [0.25, 0.3) is 23.0 Å². The molecule has 0 spiro atoms. The van der Waals surface area contributed by atoms with Crippen molar-refractivity contribution >= 4 is 5.91 Å². The number of nitrogens with one attached hydrogen (secondary N) is 1. The van der Waals surface area contributed by atoms with Gasteiger partial charge in [-0.25, -0.2) is 0 Å². The van der Waals surface area contributed by atoms with Crippen LogP contribution in [0.5, 0.6) is 0 Å². The van der Waals surface area contributed by atoms with Crippen LogP contribution in [0.1, 0.15) is 37.7 Å². The molecule has 4 rings (SSSR count). The second-order valence-corrected chi connectivity index (χ2v) is 7.21. The Morgan fingerprint density at radius 2 is 1.96 bits per heavy atom. The van der Waals surface area contributed by atoms with Gasteiger partial charge in [-0.3, -0.25) is 4.79 Å². The molecule has 6 nitrogen and oxygen atoms in total. The summed E-state index contributed by atoms with van der Waals surface area (Å²) in [7, 11) is 0. The van der Waals surface area contributed by atoms with E-state index in [0.717, 1.165) is 24.1 Å². The molecule has 6 heteroatoms. The summed E-state index contributed by atoms with van der Waals surface area (Å²) in [6, 6.07) is 12.1. The molecular weight excluding hydrogens is 340 g/mol. The van der Waals surface area contributed by atoms with E-state index in [1.807, 2.05) is 54.1 Å². The molecule has 1 fully saturated rings. The average Bonchev–Trinajstić information content (AvgIpc) is 3.32. The zero-order chi connectivity index (χ0) is 18.6. The van der Waals surface area contributed by atoms with Gasteiger partial charge in [0, 0.05) is 17.8 Å². The van der Waals surface area contributed by atoms with Crippen molar-refractivity contribution in [1.29, 1.82) is 0 Å². The number of rotatable bonds is 5. The van der Waals surface area contributed by atoms with Gasteiger partial charge in [-0.05, 0) is 31.9 Å². The van der Waals surface area contributed by atoms with E-state index < -0.39 is 0 Å². The fourth-order valence-corrected chi connectivity index (χ4v) is 3.57. The van der Waals surface area contributed by atoms with Crippen LogP contribution in [-0.2, 0) is 11.3 Å². The van der Waals surface area contributed by atoms with Gasteiger partial charge >= 0.3 is 0 Å². The largest absolute Gasteiger partial charge is 0.352 e. The zero-order valence-corrected chi connectivity index (χ0v) is 15.5. The summed E-state index contributed by atoms with van der Waals surface area (Å²) in [6.07, 6.45) is 7.69. The Balaban J connectivity index is 1.47. The Morgan fingerprint density at radius 3 is 2.74 bits per heavy atom. The number of carbonyl (C=O) groups excluding carboxylic acids is 1. The van der Waals surface area contributed by atoms with Crippen molar-refractivity contribution in [2.45, 2.75) is 51.6 Å². The average molecular weight is 364 g/mol. The number of nitrogens with zero attached hydrogens (tertiary/aromatic N) is 3. The van der Waals surface area contributed by atoms with Crippen molar-refractivity contribution in [1.82, 2.24) is 20.0 Å². The molecule has 2 heterocycles. The molecule has 1 aliphatic carbocycles. The SMILES string of the molecule is Cc1ccc(-c2noc(-c3cccn3CC(=O)NC3CCCCC3)n2)cc1. The Labute approximate surface area is 158 Å². The maximum absolute atomic E-state index is 12.4. The molecule has 27 heavy (non-hydrogen) atoms. The van der Waals surface area contributed by atoms with Gasteiger partial charge in [-0.1, -0.05) is 54.2 Å². The lowest BCUT2D eigenvalue weighted by Crippen LogP contribution is -2.38. The van der Waals surface area contributed by atoms with E-state index in [2.05, 4.69) is 15.5 Å². The van der Waals surface area contributed by atoms with Crippen LogP contribution in [0.4, 0.5) is 0 Å². The second-order valence-electron chi connectivity index (χ2n) is 7.21. The fourth-order valence-electron chi connectivity index (χ4n) is 3.57. The maximum atomic E-state index is 12.4. The first-order valence-corrected chi connectivity index (χ1v) is 9.55. The number of hydrogen-bond donors (Lipinski definition) is 1. The number of benzene rings is 1. The third kappa shape index (κ3) is 4.10. The van der Waals surface area contributed by atoms with Crippen molar-refractivity contribution in [2.75, 3.05) is 0 Å². The minimum absolute atomic E-state index is 0.0256. The highest BCUT2D eigenvalue weighted by Gasteiger charge is 2.18. The van der Waals surface area contributed by atoms with Crippen LogP contribution in [0.2, 0.25) is 0 Å². The third-order valence-electron chi connectivity index (χ3n) is 5.07. The quantitative estimate of drug-likeness (QED) is 0.744. The van der Waals surface area contributed by atoms with Crippen molar-refractivity contribution in [3.05, 3.63) is 48.2 Å². The molecule has 1 aromatic carbocycles. The summed E-state index contributed by atoms with van der Waals surface area (Å²) in [6.45, 7) is 2.29. The van der Waals surface area contributed by atoms with Gasteiger partial charge in [0.15, 0.2) is 0 Å². The van der Waals surface area contributed by atoms with E-state index in [0.29, 0.717) is 17.8 Å². The van der Waals surface area contributed by atoms with Crippen LogP contribution in [-0.4, -0.2) is 26.7 Å². The summed E-state index contributed by atoms with van der Waals surface area (Å²) >= 11 is 0. The molecule has 140 valence electrons. The number of hydrogen-bond acceptors (Lipinski definition) is 4. The van der Waals surface area contributed by atoms with Crippen molar-refractivity contribution in [3.63, 3.8) is 0 Å². The first-order chi connectivity index (χ1) is 13.2. The summed E-state index contributed by atoms with van der Waals surface area (Å²) in [5, 5.41) is 7.23. The Kier molecular flexibility index (Phi) is 5.05. The van der Waals surface area contributed by atoms with E-state index >= 15 is 0 Å². The summed E-state index contributed by atoms with van der Waals surface area (Å²) in [5.41, 5.74) is 2.84. The Morgan fingerprint density at radius 1 is 1.19 bits per heavy atom. The maximum Gasteiger partial charge on any atom is 0.274 e. The lowest BCUT2D eigenvalue weighted by Gasteiger charge is -2.23. The van der Waals surface area contributed by atoms with Crippen LogP contribution >= 0.6 is 0 Å². The van der Waals surface area contributed by atoms with Gasteiger partial charge in [0.1, 0.15) is 12.2 Å². The van der Waals surface area contributed by atoms with Gasteiger partial charge < -0.3 is 14.4 Å². The summed E-state index contributed by atoms with van der Waals surface area (Å²) in [4.78, 5) is 16.9. The highest BCUT2D eigenvalue weighted by atomic mass is 16.5. The molecule has 0 atom stereocenters. The highest BCUT2D eigenvalue weighted by molar-refractivity contribution is 5.76. The molecule has 1 saturated carbocycles. The van der Waals surface area contributed by atoms with Crippen LogP contribution < -0.4 is 5.32 Å². The molecule has 1 amide bonds. The molecule has 0 bridgehead atoms. The van der Waals surface area contributed by atoms with E-state index in [1.165, 1.54) is 24.8 Å². The predicted octanol–water partition coefficient (Wildman–Crippen LogP) is 3.96. The predicted molar refractivity (Wildman–Crippen MR) is 103 cm³/mol. The van der Waals surface area contributed by atoms with Crippen LogP contribution in [0.3, 0.4) is 0 Å². The van der Waals surface area contributed by atoms with Crippen molar-refractivity contribution in [3.8, 4) is 23.0 Å². The Hall–Kier alpha value is -2.89. The molecule has 0 saturated heterocycles. The highest BCUT2D eigenvalue weighted by Crippen LogP contribution is 2.23. The lowest BCUT2D eigenvalue weighted by atomic mass is 9.95. The molecule has 3 aromatic rings. The van der Waals surface area contributed by atoms with Crippen molar-refractivity contribution in [2.24, 2.45) is 0 Å². The second kappa shape index (κ2) is 7.78. The fraction of sp³-hybridized carbons (Fsp3) is 0.381. The summed E-state index contributed by atoms with van der Waals surface area (Å²) < 4.78 is 7.30. The number of amides is 1. The van der Waals surface area contributed by atoms with Gasteiger partial charge in [-0.2, -0.15) is 4.98 Å². The van der Waals surface area contributed by atoms with E-state index in [1.54, 1.807) is 0 Å². The minimum atomic E-state index is 0.0256. The molecule has 1 aliphatic rings. The molecule has 0 unspecified atom stereocenters. The van der Waals surface area contributed by atoms with Gasteiger partial charge in [-0.15, -0.1) is 0 Å². The summed E-state index contributed by atoms with van der Waals surface area (Å²) in [5.74, 6) is 0.989. The van der Waals surface area contributed by atoms with Gasteiger partial charge in [0.25, 0.3) is 5.89 Å². The number of carbonyl (C=O) groups is 1. The van der Waals surface area contributed by atoms with E-state index in [-0.39, 0.29) is 12.5 Å². The third-order valence-corrected chi connectivity index (χ3v) is 5.07. The lowest BCUT2D eigenvalue weighted by molar-refractivity contribution is -0.122. The van der Waals surface area contributed by atoms with Crippen LogP contribution in [0, 0.1) is 6.92 Å². The zero-order valence-electron chi connectivity index (χ0n) is 15.5. The molecule has 1 N–H and O–H groups in total. The number of aromatic nitrogens is 3. The molecule has 0 radical (unpaired) electrons. The van der Waals surface area contributed by atoms with Crippen LogP contribution in [0.15, 0.2) is 47.1 Å². The first-order valence-electron chi connectivity index (χ1n) is 9.55. The normalized spacial score (nSPS) is 15.0. The van der Waals surface area contributed by atoms with E-state index in [4.69, 9.17) is 4.52 Å². The van der Waals surface area contributed by atoms with Gasteiger partial charge in [0.05, 0.1) is 0 Å². The smallest absolute Gasteiger partial charge is 0.274 e. The van der Waals surface area contributed by atoms with Crippen molar-refractivity contribution < 1.29 is 9.32 Å². The number of aryl methyl sites for hydroxylation is 1. The van der Waals surface area contributed by atoms with E-state index in [9.17, 15) is 4.79 Å². The first kappa shape index (κ1) is 17.5. The minimum Gasteiger partial charge on any atom is -0.352 e. The molecule has 0 aliphatic heterocycles. The Bertz CT molecular complexity index is 904. The monoisotopic (exact) mass is 364 g/mol. The van der Waals surface area contributed by atoms with Gasteiger partial charge in [0.2, 0.25) is 11.7 Å². The molecular formula is C21H24N4O2. The standard InChI is InChI=1S/C21H24N4O2/c1-15-9-11-16(12-10-15)20-23-21(27-24-20)18-8-5-13-25(18)14-19(26)22-17-6-3-2-4-7-17/h5,8-13,17H,2-4,6-7,14H2,1H3,(H,22,26). The molecule has 2 aromatic heterocycles.